The van der Waals surface area contributed by atoms with E-state index in [1.807, 2.05) is 24.3 Å². The van der Waals surface area contributed by atoms with E-state index in [9.17, 15) is 4.79 Å². The molecule has 0 saturated carbocycles. The van der Waals surface area contributed by atoms with Gasteiger partial charge < -0.3 is 5.32 Å². The highest BCUT2D eigenvalue weighted by Crippen LogP contribution is 2.04. The summed E-state index contributed by atoms with van der Waals surface area (Å²) in [5, 5.41) is 3.76. The van der Waals surface area contributed by atoms with Crippen molar-refractivity contribution in [1.29, 1.82) is 0 Å². The van der Waals surface area contributed by atoms with Gasteiger partial charge in [0.25, 0.3) is 0 Å². The maximum Gasteiger partial charge on any atom is 0.221 e. The molecule has 1 N–H and O–H groups in total. The summed E-state index contributed by atoms with van der Waals surface area (Å²) in [5.41, 5.74) is 0.838. The Labute approximate surface area is 68.2 Å². The van der Waals surface area contributed by atoms with Crippen LogP contribution in [0.25, 0.3) is 0 Å². The molecule has 0 aliphatic rings. The SMILES string of the molecule is CC(=O)Nc1cccc(P)c1. The Morgan fingerprint density at radius 2 is 2.27 bits per heavy atom. The van der Waals surface area contributed by atoms with Gasteiger partial charge in [0, 0.05) is 12.6 Å². The summed E-state index contributed by atoms with van der Waals surface area (Å²) >= 11 is 0. The first-order valence-corrected chi connectivity index (χ1v) is 3.89. The second-order valence-electron chi connectivity index (χ2n) is 2.31. The summed E-state index contributed by atoms with van der Waals surface area (Å²) in [5.74, 6) is -0.0411. The van der Waals surface area contributed by atoms with Crippen molar-refractivity contribution in [3.8, 4) is 0 Å². The second-order valence-corrected chi connectivity index (χ2v) is 2.97. The molecule has 1 amide bonds. The Hall–Kier alpha value is -0.880. The van der Waals surface area contributed by atoms with E-state index in [1.165, 1.54) is 6.92 Å². The zero-order chi connectivity index (χ0) is 8.27. The van der Waals surface area contributed by atoms with Crippen LogP contribution >= 0.6 is 9.24 Å². The molecule has 0 heterocycles. The fourth-order valence-electron chi connectivity index (χ4n) is 0.820. The zero-order valence-electron chi connectivity index (χ0n) is 6.29. The average molecular weight is 167 g/mol. The fraction of sp³-hybridized carbons (Fsp3) is 0.125. The Morgan fingerprint density at radius 1 is 1.55 bits per heavy atom. The van der Waals surface area contributed by atoms with E-state index in [0.717, 1.165) is 11.0 Å². The van der Waals surface area contributed by atoms with Crippen molar-refractivity contribution in [3.05, 3.63) is 24.3 Å². The average Bonchev–Trinajstić information content (AvgIpc) is 1.85. The summed E-state index contributed by atoms with van der Waals surface area (Å²) in [7, 11) is 2.57. The number of carbonyl (C=O) groups is 1. The van der Waals surface area contributed by atoms with Crippen LogP contribution < -0.4 is 10.6 Å². The van der Waals surface area contributed by atoms with Gasteiger partial charge in [-0.1, -0.05) is 12.1 Å². The van der Waals surface area contributed by atoms with Crippen LogP contribution in [-0.2, 0) is 4.79 Å². The van der Waals surface area contributed by atoms with Gasteiger partial charge in [0.05, 0.1) is 0 Å². The minimum absolute atomic E-state index is 0.0411. The van der Waals surface area contributed by atoms with E-state index in [0.29, 0.717) is 0 Å². The fourth-order valence-corrected chi connectivity index (χ4v) is 1.11. The first kappa shape index (κ1) is 8.22. The van der Waals surface area contributed by atoms with E-state index >= 15 is 0 Å². The van der Waals surface area contributed by atoms with Crippen LogP contribution in [-0.4, -0.2) is 5.91 Å². The lowest BCUT2D eigenvalue weighted by atomic mass is 10.3. The molecule has 58 valence electrons. The van der Waals surface area contributed by atoms with E-state index in [-0.39, 0.29) is 5.91 Å². The van der Waals surface area contributed by atoms with Gasteiger partial charge in [-0.05, 0) is 17.4 Å². The van der Waals surface area contributed by atoms with Crippen molar-refractivity contribution in [2.45, 2.75) is 6.92 Å². The first-order chi connectivity index (χ1) is 5.18. The first-order valence-electron chi connectivity index (χ1n) is 3.31. The summed E-state index contributed by atoms with van der Waals surface area (Å²) < 4.78 is 0. The van der Waals surface area contributed by atoms with Crippen LogP contribution in [0.1, 0.15) is 6.92 Å². The number of rotatable bonds is 1. The van der Waals surface area contributed by atoms with Crippen molar-refractivity contribution >= 4 is 26.1 Å². The Kier molecular flexibility index (Phi) is 2.61. The minimum atomic E-state index is -0.0411. The third-order valence-electron chi connectivity index (χ3n) is 1.21. The summed E-state index contributed by atoms with van der Waals surface area (Å²) in [6, 6.07) is 7.60. The van der Waals surface area contributed by atoms with Gasteiger partial charge in [-0.2, -0.15) is 0 Å². The van der Waals surface area contributed by atoms with Gasteiger partial charge in [0.2, 0.25) is 5.91 Å². The molecule has 11 heavy (non-hydrogen) atoms. The molecule has 0 radical (unpaired) electrons. The third-order valence-corrected chi connectivity index (χ3v) is 1.57. The van der Waals surface area contributed by atoms with Crippen LogP contribution in [0, 0.1) is 0 Å². The van der Waals surface area contributed by atoms with E-state index in [1.54, 1.807) is 0 Å². The topological polar surface area (TPSA) is 29.1 Å². The molecule has 1 rings (SSSR count). The molecule has 0 spiro atoms. The molecule has 0 saturated heterocycles. The van der Waals surface area contributed by atoms with E-state index in [2.05, 4.69) is 14.6 Å². The maximum absolute atomic E-state index is 10.6. The molecule has 1 unspecified atom stereocenters. The Bertz CT molecular complexity index is 273. The van der Waals surface area contributed by atoms with Crippen molar-refractivity contribution < 1.29 is 4.79 Å². The highest BCUT2D eigenvalue weighted by molar-refractivity contribution is 7.27. The number of benzene rings is 1. The molecular weight excluding hydrogens is 157 g/mol. The number of carbonyl (C=O) groups excluding carboxylic acids is 1. The summed E-state index contributed by atoms with van der Waals surface area (Å²) in [4.78, 5) is 10.6. The number of hydrogen-bond acceptors (Lipinski definition) is 1. The van der Waals surface area contributed by atoms with Crippen LogP contribution in [0.5, 0.6) is 0 Å². The number of nitrogens with one attached hydrogen (secondary N) is 1. The highest BCUT2D eigenvalue weighted by Gasteiger charge is 1.93. The molecule has 2 nitrogen and oxygen atoms in total. The minimum Gasteiger partial charge on any atom is -0.326 e. The lowest BCUT2D eigenvalue weighted by molar-refractivity contribution is -0.114. The molecule has 1 aromatic carbocycles. The predicted octanol–water partition coefficient (Wildman–Crippen LogP) is 1.15. The largest absolute Gasteiger partial charge is 0.326 e. The maximum atomic E-state index is 10.6. The lowest BCUT2D eigenvalue weighted by Crippen LogP contribution is -2.06. The molecular formula is C8H10NOP. The smallest absolute Gasteiger partial charge is 0.221 e. The Balaban J connectivity index is 2.79. The molecule has 3 heteroatoms. The normalized spacial score (nSPS) is 9.27. The highest BCUT2D eigenvalue weighted by atomic mass is 31.0. The van der Waals surface area contributed by atoms with E-state index < -0.39 is 0 Å². The molecule has 0 bridgehead atoms. The molecule has 0 aliphatic heterocycles. The summed E-state index contributed by atoms with van der Waals surface area (Å²) in [6.07, 6.45) is 0. The monoisotopic (exact) mass is 167 g/mol. The number of amides is 1. The van der Waals surface area contributed by atoms with Crippen molar-refractivity contribution in [2.75, 3.05) is 5.32 Å². The third kappa shape index (κ3) is 2.69. The van der Waals surface area contributed by atoms with Crippen molar-refractivity contribution in [2.24, 2.45) is 0 Å². The van der Waals surface area contributed by atoms with Crippen molar-refractivity contribution in [3.63, 3.8) is 0 Å². The van der Waals surface area contributed by atoms with E-state index in [4.69, 9.17) is 0 Å². The van der Waals surface area contributed by atoms with Gasteiger partial charge in [0.15, 0.2) is 0 Å². The number of hydrogen-bond donors (Lipinski definition) is 1. The molecule has 0 aliphatic carbocycles. The molecule has 1 atom stereocenters. The molecule has 0 aromatic heterocycles. The van der Waals surface area contributed by atoms with Gasteiger partial charge >= 0.3 is 0 Å². The standard InChI is InChI=1S/C8H10NOP/c1-6(10)9-7-3-2-4-8(11)5-7/h2-5H,11H2,1H3,(H,9,10). The summed E-state index contributed by atoms with van der Waals surface area (Å²) in [6.45, 7) is 1.50. The van der Waals surface area contributed by atoms with Crippen LogP contribution in [0.2, 0.25) is 0 Å². The number of anilines is 1. The van der Waals surface area contributed by atoms with Gasteiger partial charge in [-0.25, -0.2) is 0 Å². The lowest BCUT2D eigenvalue weighted by Gasteiger charge is -2.01. The predicted molar refractivity (Wildman–Crippen MR) is 50.1 cm³/mol. The second kappa shape index (κ2) is 3.49. The van der Waals surface area contributed by atoms with Gasteiger partial charge in [0.1, 0.15) is 0 Å². The quantitative estimate of drug-likeness (QED) is 0.624. The zero-order valence-corrected chi connectivity index (χ0v) is 7.45. The van der Waals surface area contributed by atoms with Crippen LogP contribution in [0.3, 0.4) is 0 Å². The molecule has 1 aromatic rings. The van der Waals surface area contributed by atoms with Crippen molar-refractivity contribution in [1.82, 2.24) is 0 Å². The van der Waals surface area contributed by atoms with Gasteiger partial charge in [-0.3, -0.25) is 4.79 Å². The van der Waals surface area contributed by atoms with Crippen LogP contribution in [0.4, 0.5) is 5.69 Å². The van der Waals surface area contributed by atoms with Gasteiger partial charge in [-0.15, -0.1) is 9.24 Å². The van der Waals surface area contributed by atoms with Crippen LogP contribution in [0.15, 0.2) is 24.3 Å². The molecule has 0 fully saturated rings. The Morgan fingerprint density at radius 3 is 2.82 bits per heavy atom.